The Hall–Kier alpha value is -3.65. The van der Waals surface area contributed by atoms with Gasteiger partial charge in [0.2, 0.25) is 5.91 Å². The van der Waals surface area contributed by atoms with Gasteiger partial charge in [-0.15, -0.1) is 0 Å². The zero-order valence-corrected chi connectivity index (χ0v) is 18.8. The molecule has 0 saturated heterocycles. The fourth-order valence-corrected chi connectivity index (χ4v) is 3.06. The Labute approximate surface area is 193 Å². The van der Waals surface area contributed by atoms with Gasteiger partial charge in [0, 0.05) is 17.5 Å². The molecule has 1 heterocycles. The van der Waals surface area contributed by atoms with Crippen molar-refractivity contribution >= 4 is 51.2 Å². The fraction of sp³-hybridized carbons (Fsp3) is 0.125. The number of hydrogen-bond donors (Lipinski definition) is 2. The highest BCUT2D eigenvalue weighted by molar-refractivity contribution is 9.10. The van der Waals surface area contributed by atoms with E-state index in [1.54, 1.807) is 73.7 Å². The van der Waals surface area contributed by atoms with E-state index in [4.69, 9.17) is 9.15 Å². The van der Waals surface area contributed by atoms with E-state index in [0.717, 1.165) is 11.1 Å². The van der Waals surface area contributed by atoms with Gasteiger partial charge in [-0.25, -0.2) is 4.79 Å². The molecule has 0 unspecified atom stereocenters. The second-order valence-electron chi connectivity index (χ2n) is 6.69. The molecule has 164 valence electrons. The number of ether oxygens (including phenoxy) is 1. The quantitative estimate of drug-likeness (QED) is 0.335. The lowest BCUT2D eigenvalue weighted by atomic mass is 10.1. The van der Waals surface area contributed by atoms with Crippen molar-refractivity contribution in [3.63, 3.8) is 0 Å². The minimum Gasteiger partial charge on any atom is -0.463 e. The van der Waals surface area contributed by atoms with Crippen LogP contribution >= 0.6 is 15.9 Å². The number of amides is 2. The van der Waals surface area contributed by atoms with Crippen LogP contribution in [0.1, 0.15) is 28.6 Å². The van der Waals surface area contributed by atoms with Gasteiger partial charge >= 0.3 is 5.97 Å². The second kappa shape index (κ2) is 11.1. The molecular weight excluding hydrogens is 476 g/mol. The summed E-state index contributed by atoms with van der Waals surface area (Å²) in [6.45, 7) is 2.08. The number of rotatable bonds is 8. The first-order valence-electron chi connectivity index (χ1n) is 9.83. The lowest BCUT2D eigenvalue weighted by molar-refractivity contribution is -0.137. The third kappa shape index (κ3) is 6.95. The summed E-state index contributed by atoms with van der Waals surface area (Å²) < 4.78 is 10.5. The van der Waals surface area contributed by atoms with Crippen LogP contribution in [0.4, 0.5) is 11.4 Å². The van der Waals surface area contributed by atoms with E-state index in [0.29, 0.717) is 22.7 Å². The van der Waals surface area contributed by atoms with Crippen molar-refractivity contribution in [2.45, 2.75) is 13.3 Å². The van der Waals surface area contributed by atoms with E-state index >= 15 is 0 Å². The molecule has 2 aromatic carbocycles. The number of furan rings is 1. The summed E-state index contributed by atoms with van der Waals surface area (Å²) in [6, 6.07) is 17.3. The molecule has 0 aliphatic rings. The smallest absolute Gasteiger partial charge is 0.330 e. The topological polar surface area (TPSA) is 97.6 Å². The number of nitrogens with one attached hydrogen (secondary N) is 2. The van der Waals surface area contributed by atoms with Crippen molar-refractivity contribution in [3.8, 4) is 0 Å². The Bertz CT molecular complexity index is 1120. The van der Waals surface area contributed by atoms with Crippen LogP contribution in [0.25, 0.3) is 6.08 Å². The standard InChI is InChI=1S/C24H21BrN2O5/c1-2-31-23(29)14-7-16-3-8-18(9-4-16)26-22(28)15-17-5-10-19(11-6-17)27-24(30)20-12-13-21(25)32-20/h3-14H,2,15H2,1H3,(H,26,28)(H,27,30)/b14-7+. The maximum Gasteiger partial charge on any atom is 0.330 e. The molecule has 7 nitrogen and oxygen atoms in total. The lowest BCUT2D eigenvalue weighted by Gasteiger charge is -2.07. The SMILES string of the molecule is CCOC(=O)/C=C/c1ccc(NC(=O)Cc2ccc(NC(=O)c3ccc(Br)o3)cc2)cc1. The Balaban J connectivity index is 1.50. The van der Waals surface area contributed by atoms with E-state index in [2.05, 4.69) is 26.6 Å². The number of hydrogen-bond acceptors (Lipinski definition) is 5. The molecule has 3 rings (SSSR count). The fourth-order valence-electron chi connectivity index (χ4n) is 2.76. The largest absolute Gasteiger partial charge is 0.463 e. The average Bonchev–Trinajstić information content (AvgIpc) is 3.21. The molecule has 0 atom stereocenters. The first kappa shape index (κ1) is 23.0. The van der Waals surface area contributed by atoms with E-state index in [9.17, 15) is 14.4 Å². The summed E-state index contributed by atoms with van der Waals surface area (Å²) in [4.78, 5) is 35.8. The molecule has 0 aliphatic heterocycles. The monoisotopic (exact) mass is 496 g/mol. The van der Waals surface area contributed by atoms with Crippen molar-refractivity contribution < 1.29 is 23.5 Å². The molecule has 32 heavy (non-hydrogen) atoms. The number of esters is 1. The van der Waals surface area contributed by atoms with E-state index in [1.165, 1.54) is 6.08 Å². The summed E-state index contributed by atoms with van der Waals surface area (Å²) >= 11 is 3.16. The van der Waals surface area contributed by atoms with Crippen molar-refractivity contribution in [2.75, 3.05) is 17.2 Å². The molecule has 2 amide bonds. The van der Waals surface area contributed by atoms with Gasteiger partial charge in [0.15, 0.2) is 10.4 Å². The number of halogens is 1. The number of carbonyl (C=O) groups is 3. The maximum atomic E-state index is 12.3. The first-order chi connectivity index (χ1) is 15.4. The predicted molar refractivity (Wildman–Crippen MR) is 125 cm³/mol. The molecule has 0 spiro atoms. The number of carbonyl (C=O) groups excluding carboxylic acids is 3. The first-order valence-corrected chi connectivity index (χ1v) is 10.6. The van der Waals surface area contributed by atoms with Crippen molar-refractivity contribution in [1.29, 1.82) is 0 Å². The van der Waals surface area contributed by atoms with Crippen LogP contribution in [0.15, 0.2) is 75.8 Å². The molecular formula is C24H21BrN2O5. The highest BCUT2D eigenvalue weighted by atomic mass is 79.9. The van der Waals surface area contributed by atoms with Crippen molar-refractivity contribution in [2.24, 2.45) is 0 Å². The third-order valence-corrected chi connectivity index (χ3v) is 4.69. The average molecular weight is 497 g/mol. The number of benzene rings is 2. The molecule has 0 fully saturated rings. The normalized spacial score (nSPS) is 10.7. The Morgan fingerprint density at radius 1 is 0.938 bits per heavy atom. The summed E-state index contributed by atoms with van der Waals surface area (Å²) in [5.74, 6) is -0.731. The van der Waals surface area contributed by atoms with Crippen LogP contribution in [-0.2, 0) is 20.7 Å². The van der Waals surface area contributed by atoms with Crippen LogP contribution in [0.2, 0.25) is 0 Å². The zero-order valence-electron chi connectivity index (χ0n) is 17.3. The maximum absolute atomic E-state index is 12.3. The third-order valence-electron chi connectivity index (χ3n) is 4.27. The van der Waals surface area contributed by atoms with Crippen LogP contribution in [0.5, 0.6) is 0 Å². The van der Waals surface area contributed by atoms with Crippen molar-refractivity contribution in [1.82, 2.24) is 0 Å². The van der Waals surface area contributed by atoms with Gasteiger partial charge in [-0.05, 0) is 76.5 Å². The van der Waals surface area contributed by atoms with Crippen molar-refractivity contribution in [3.05, 3.63) is 88.3 Å². The number of anilines is 2. The molecule has 0 bridgehead atoms. The summed E-state index contributed by atoms with van der Waals surface area (Å²) in [5, 5.41) is 5.57. The molecule has 0 radical (unpaired) electrons. The molecule has 0 aliphatic carbocycles. The molecule has 2 N–H and O–H groups in total. The van der Waals surface area contributed by atoms with Gasteiger partial charge in [0.1, 0.15) is 0 Å². The lowest BCUT2D eigenvalue weighted by Crippen LogP contribution is -2.14. The Morgan fingerprint density at radius 2 is 1.59 bits per heavy atom. The van der Waals surface area contributed by atoms with Crippen LogP contribution in [0.3, 0.4) is 0 Å². The van der Waals surface area contributed by atoms with E-state index in [1.807, 2.05) is 0 Å². The predicted octanol–water partition coefficient (Wildman–Crippen LogP) is 5.05. The van der Waals surface area contributed by atoms with Gasteiger partial charge in [0.05, 0.1) is 13.0 Å². The van der Waals surface area contributed by atoms with Gasteiger partial charge in [-0.1, -0.05) is 24.3 Å². The van der Waals surface area contributed by atoms with Gasteiger partial charge in [0.25, 0.3) is 5.91 Å². The Kier molecular flexibility index (Phi) is 7.99. The van der Waals surface area contributed by atoms with E-state index < -0.39 is 5.97 Å². The zero-order chi connectivity index (χ0) is 22.9. The van der Waals surface area contributed by atoms with Crippen LogP contribution in [-0.4, -0.2) is 24.4 Å². The molecule has 1 aromatic heterocycles. The summed E-state index contributed by atoms with van der Waals surface area (Å²) in [6.07, 6.45) is 3.19. The highest BCUT2D eigenvalue weighted by Crippen LogP contribution is 2.17. The van der Waals surface area contributed by atoms with Crippen LogP contribution < -0.4 is 10.6 Å². The van der Waals surface area contributed by atoms with Gasteiger partial charge < -0.3 is 19.8 Å². The molecule has 0 saturated carbocycles. The highest BCUT2D eigenvalue weighted by Gasteiger charge is 2.11. The molecule has 8 heteroatoms. The van der Waals surface area contributed by atoms with Gasteiger partial charge in [-0.2, -0.15) is 0 Å². The van der Waals surface area contributed by atoms with Crippen LogP contribution in [0, 0.1) is 0 Å². The van der Waals surface area contributed by atoms with E-state index in [-0.39, 0.29) is 24.0 Å². The minimum atomic E-state index is -0.399. The Morgan fingerprint density at radius 3 is 2.22 bits per heavy atom. The molecule has 3 aromatic rings. The second-order valence-corrected chi connectivity index (χ2v) is 7.47. The summed E-state index contributed by atoms with van der Waals surface area (Å²) in [5.41, 5.74) is 2.86. The summed E-state index contributed by atoms with van der Waals surface area (Å²) in [7, 11) is 0. The minimum absolute atomic E-state index is 0.169. The van der Waals surface area contributed by atoms with Gasteiger partial charge in [-0.3, -0.25) is 9.59 Å².